The molecule has 0 aliphatic rings. The Bertz CT molecular complexity index is 794. The predicted molar refractivity (Wildman–Crippen MR) is 97.5 cm³/mol. The molecule has 0 saturated carbocycles. The van der Waals surface area contributed by atoms with Crippen LogP contribution in [0.2, 0.25) is 0 Å². The summed E-state index contributed by atoms with van der Waals surface area (Å²) in [7, 11) is 0. The van der Waals surface area contributed by atoms with Crippen molar-refractivity contribution < 1.29 is 19.0 Å². The molecule has 130 valence electrons. The first-order valence-electron chi connectivity index (χ1n) is 7.26. The van der Waals surface area contributed by atoms with Crippen LogP contribution in [0.15, 0.2) is 53.6 Å². The first-order valence-corrected chi connectivity index (χ1v) is 7.67. The fourth-order valence-electron chi connectivity index (χ4n) is 1.85. The molecule has 3 N–H and O–H groups in total. The van der Waals surface area contributed by atoms with Crippen LogP contribution >= 0.6 is 12.2 Å². The number of hydrazone groups is 1. The molecule has 0 unspecified atom stereocenters. The number of carboxylic acids is 1. The average Bonchev–Trinajstić information content (AvgIpc) is 2.60. The number of halogens is 1. The van der Waals surface area contributed by atoms with Crippen LogP contribution in [0.25, 0.3) is 0 Å². The highest BCUT2D eigenvalue weighted by Crippen LogP contribution is 2.14. The van der Waals surface area contributed by atoms with E-state index in [4.69, 9.17) is 22.1 Å². The topological polar surface area (TPSA) is 83.0 Å². The highest BCUT2D eigenvalue weighted by Gasteiger charge is 2.03. The number of hydrogen-bond acceptors (Lipinski definition) is 4. The van der Waals surface area contributed by atoms with Gasteiger partial charge in [0.25, 0.3) is 0 Å². The normalized spacial score (nSPS) is 10.9. The van der Waals surface area contributed by atoms with Gasteiger partial charge in [0.15, 0.2) is 11.7 Å². The highest BCUT2D eigenvalue weighted by atomic mass is 32.1. The van der Waals surface area contributed by atoms with Gasteiger partial charge in [0.1, 0.15) is 11.6 Å². The van der Waals surface area contributed by atoms with Crippen molar-refractivity contribution >= 4 is 34.7 Å². The van der Waals surface area contributed by atoms with Crippen molar-refractivity contribution in [2.45, 2.75) is 6.92 Å². The summed E-state index contributed by atoms with van der Waals surface area (Å²) in [6.07, 6.45) is 0. The van der Waals surface area contributed by atoms with E-state index >= 15 is 0 Å². The summed E-state index contributed by atoms with van der Waals surface area (Å²) in [5.74, 6) is -0.945. The second-order valence-corrected chi connectivity index (χ2v) is 5.39. The number of rotatable bonds is 6. The third kappa shape index (κ3) is 6.19. The Morgan fingerprint density at radius 2 is 2.00 bits per heavy atom. The molecule has 6 nitrogen and oxygen atoms in total. The van der Waals surface area contributed by atoms with Gasteiger partial charge in [-0.05, 0) is 55.5 Å². The third-order valence-corrected chi connectivity index (χ3v) is 3.23. The summed E-state index contributed by atoms with van der Waals surface area (Å²) in [5, 5.41) is 15.9. The molecule has 0 atom stereocenters. The van der Waals surface area contributed by atoms with Gasteiger partial charge in [0, 0.05) is 11.3 Å². The Hall–Kier alpha value is -3.00. The summed E-state index contributed by atoms with van der Waals surface area (Å²) in [4.78, 5) is 10.5. The first-order chi connectivity index (χ1) is 11.9. The Balaban J connectivity index is 1.96. The van der Waals surface area contributed by atoms with E-state index in [2.05, 4.69) is 15.8 Å². The number of aliphatic carboxylic acids is 1. The van der Waals surface area contributed by atoms with E-state index in [0.29, 0.717) is 17.1 Å². The predicted octanol–water partition coefficient (Wildman–Crippen LogP) is 3.00. The van der Waals surface area contributed by atoms with Crippen LogP contribution in [-0.4, -0.2) is 28.5 Å². The lowest BCUT2D eigenvalue weighted by atomic mass is 10.1. The summed E-state index contributed by atoms with van der Waals surface area (Å²) >= 11 is 5.12. The molecular formula is C17H16FN3O3S. The zero-order valence-corrected chi connectivity index (χ0v) is 14.1. The summed E-state index contributed by atoms with van der Waals surface area (Å²) in [5.41, 5.74) is 4.71. The molecule has 0 bridgehead atoms. The molecule has 0 heterocycles. The van der Waals surface area contributed by atoms with Crippen LogP contribution in [0, 0.1) is 5.82 Å². The van der Waals surface area contributed by atoms with E-state index in [1.54, 1.807) is 37.3 Å². The van der Waals surface area contributed by atoms with Gasteiger partial charge in [-0.2, -0.15) is 5.10 Å². The van der Waals surface area contributed by atoms with Crippen molar-refractivity contribution in [3.05, 3.63) is 59.9 Å². The zero-order valence-electron chi connectivity index (χ0n) is 13.3. The van der Waals surface area contributed by atoms with Crippen molar-refractivity contribution in [3.63, 3.8) is 0 Å². The number of carbonyl (C=O) groups is 1. The number of ether oxygens (including phenoxy) is 1. The second-order valence-electron chi connectivity index (χ2n) is 4.98. The minimum Gasteiger partial charge on any atom is -0.482 e. The van der Waals surface area contributed by atoms with Crippen molar-refractivity contribution in [3.8, 4) is 5.75 Å². The van der Waals surface area contributed by atoms with Crippen molar-refractivity contribution in [1.82, 2.24) is 5.43 Å². The smallest absolute Gasteiger partial charge is 0.341 e. The number of hydrogen-bond donors (Lipinski definition) is 3. The first kappa shape index (κ1) is 18.3. The number of benzene rings is 2. The number of carboxylic acid groups (broad SMARTS) is 1. The molecule has 0 aliphatic heterocycles. The molecule has 25 heavy (non-hydrogen) atoms. The van der Waals surface area contributed by atoms with Gasteiger partial charge in [0.05, 0.1) is 5.71 Å². The van der Waals surface area contributed by atoms with Gasteiger partial charge in [-0.1, -0.05) is 12.1 Å². The molecular weight excluding hydrogens is 345 g/mol. The summed E-state index contributed by atoms with van der Waals surface area (Å²) in [6.45, 7) is 1.35. The van der Waals surface area contributed by atoms with Crippen LogP contribution in [0.3, 0.4) is 0 Å². The molecule has 2 aromatic rings. The molecule has 0 fully saturated rings. The molecule has 0 amide bonds. The lowest BCUT2D eigenvalue weighted by Gasteiger charge is -2.09. The van der Waals surface area contributed by atoms with Gasteiger partial charge in [-0.3, -0.25) is 5.43 Å². The standard InChI is InChI=1S/C17H16FN3O3S/c1-11(12-3-2-4-15(9-12)24-10-16(22)23)20-21-17(25)19-14-7-5-13(18)6-8-14/h2-9H,10H2,1H3,(H,22,23)(H2,19,21,25)/b20-11-. The van der Waals surface area contributed by atoms with Gasteiger partial charge < -0.3 is 15.2 Å². The molecule has 2 aromatic carbocycles. The monoisotopic (exact) mass is 361 g/mol. The highest BCUT2D eigenvalue weighted by molar-refractivity contribution is 7.80. The number of thiocarbonyl (C=S) groups is 1. The van der Waals surface area contributed by atoms with Gasteiger partial charge in [-0.15, -0.1) is 0 Å². The lowest BCUT2D eigenvalue weighted by Crippen LogP contribution is -2.24. The SMILES string of the molecule is C/C(=N/NC(=S)Nc1ccc(F)cc1)c1cccc(OCC(=O)O)c1. The third-order valence-electron chi connectivity index (χ3n) is 3.04. The zero-order chi connectivity index (χ0) is 18.2. The molecule has 0 aliphatic carbocycles. The Labute approximate surface area is 149 Å². The Morgan fingerprint density at radius 3 is 2.68 bits per heavy atom. The van der Waals surface area contributed by atoms with Gasteiger partial charge >= 0.3 is 5.97 Å². The fraction of sp³-hybridized carbons (Fsp3) is 0.118. The maximum atomic E-state index is 12.9. The minimum absolute atomic E-state index is 0.254. The summed E-state index contributed by atoms with van der Waals surface area (Å²) in [6, 6.07) is 12.6. The van der Waals surface area contributed by atoms with Crippen molar-refractivity contribution in [2.75, 3.05) is 11.9 Å². The largest absolute Gasteiger partial charge is 0.482 e. The van der Waals surface area contributed by atoms with E-state index in [9.17, 15) is 9.18 Å². The van der Waals surface area contributed by atoms with E-state index in [0.717, 1.165) is 5.56 Å². The molecule has 0 spiro atoms. The average molecular weight is 361 g/mol. The van der Waals surface area contributed by atoms with Crippen LogP contribution in [0.1, 0.15) is 12.5 Å². The second kappa shape index (κ2) is 8.74. The van der Waals surface area contributed by atoms with Crippen LogP contribution in [0.4, 0.5) is 10.1 Å². The van der Waals surface area contributed by atoms with Crippen molar-refractivity contribution in [2.24, 2.45) is 5.10 Å². The lowest BCUT2D eigenvalue weighted by molar-refractivity contribution is -0.139. The number of nitrogens with one attached hydrogen (secondary N) is 2. The molecule has 2 rings (SSSR count). The quantitative estimate of drug-likeness (QED) is 0.417. The van der Waals surface area contributed by atoms with Crippen LogP contribution in [0.5, 0.6) is 5.75 Å². The van der Waals surface area contributed by atoms with E-state index in [-0.39, 0.29) is 10.9 Å². The van der Waals surface area contributed by atoms with Gasteiger partial charge in [0.2, 0.25) is 0 Å². The van der Waals surface area contributed by atoms with E-state index < -0.39 is 12.6 Å². The Kier molecular flexibility index (Phi) is 6.41. The number of nitrogens with zero attached hydrogens (tertiary/aromatic N) is 1. The summed E-state index contributed by atoms with van der Waals surface area (Å²) < 4.78 is 18.0. The molecule has 8 heteroatoms. The fourth-order valence-corrected chi connectivity index (χ4v) is 2.01. The van der Waals surface area contributed by atoms with Crippen LogP contribution in [-0.2, 0) is 4.79 Å². The molecule has 0 radical (unpaired) electrons. The van der Waals surface area contributed by atoms with E-state index in [1.807, 2.05) is 6.07 Å². The molecule has 0 aromatic heterocycles. The van der Waals surface area contributed by atoms with E-state index in [1.165, 1.54) is 12.1 Å². The van der Waals surface area contributed by atoms with Crippen LogP contribution < -0.4 is 15.5 Å². The maximum absolute atomic E-state index is 12.9. The number of anilines is 1. The van der Waals surface area contributed by atoms with Crippen molar-refractivity contribution in [1.29, 1.82) is 0 Å². The Morgan fingerprint density at radius 1 is 1.28 bits per heavy atom. The van der Waals surface area contributed by atoms with Gasteiger partial charge in [-0.25, -0.2) is 9.18 Å². The minimum atomic E-state index is -1.05. The maximum Gasteiger partial charge on any atom is 0.341 e. The molecule has 0 saturated heterocycles.